The molecule has 2 fully saturated rings. The van der Waals surface area contributed by atoms with Crippen LogP contribution in [0.4, 0.5) is 0 Å². The summed E-state index contributed by atoms with van der Waals surface area (Å²) in [4.78, 5) is 11.4. The van der Waals surface area contributed by atoms with E-state index in [2.05, 4.69) is 0 Å². The quantitative estimate of drug-likeness (QED) is 0.669. The molecule has 0 radical (unpaired) electrons. The molecule has 0 spiro atoms. The second-order valence-electron chi connectivity index (χ2n) is 4.82. The van der Waals surface area contributed by atoms with Crippen LogP contribution in [-0.2, 0) is 14.3 Å². The second-order valence-corrected chi connectivity index (χ2v) is 4.82. The van der Waals surface area contributed by atoms with Crippen LogP contribution in [0.25, 0.3) is 0 Å². The van der Waals surface area contributed by atoms with Gasteiger partial charge in [0, 0.05) is 13.7 Å². The molecule has 1 saturated heterocycles. The SMILES string of the molecule is COC1CCCCC1C1(C=O)CCOC1. The Hall–Kier alpha value is -0.410. The van der Waals surface area contributed by atoms with Crippen LogP contribution in [0.1, 0.15) is 32.1 Å². The minimum atomic E-state index is -0.249. The molecule has 3 atom stereocenters. The summed E-state index contributed by atoms with van der Waals surface area (Å²) in [7, 11) is 1.76. The lowest BCUT2D eigenvalue weighted by Crippen LogP contribution is -2.42. The zero-order valence-electron chi connectivity index (χ0n) is 9.41. The van der Waals surface area contributed by atoms with E-state index >= 15 is 0 Å². The third-order valence-electron chi connectivity index (χ3n) is 4.06. The van der Waals surface area contributed by atoms with Gasteiger partial charge in [-0.25, -0.2) is 0 Å². The molecule has 15 heavy (non-hydrogen) atoms. The Kier molecular flexibility index (Phi) is 3.42. The van der Waals surface area contributed by atoms with Crippen LogP contribution in [0, 0.1) is 11.3 Å². The average molecular weight is 212 g/mol. The van der Waals surface area contributed by atoms with Crippen molar-refractivity contribution in [3.05, 3.63) is 0 Å². The van der Waals surface area contributed by atoms with Gasteiger partial charge in [-0.2, -0.15) is 0 Å². The molecule has 0 aromatic rings. The summed E-state index contributed by atoms with van der Waals surface area (Å²) >= 11 is 0. The fourth-order valence-corrected chi connectivity index (χ4v) is 3.11. The van der Waals surface area contributed by atoms with E-state index in [1.807, 2.05) is 0 Å². The molecule has 86 valence electrons. The van der Waals surface area contributed by atoms with Crippen molar-refractivity contribution < 1.29 is 14.3 Å². The highest BCUT2D eigenvalue weighted by molar-refractivity contribution is 5.61. The molecule has 0 amide bonds. The zero-order valence-corrected chi connectivity index (χ0v) is 9.41. The predicted molar refractivity (Wildman–Crippen MR) is 56.7 cm³/mol. The number of carbonyl (C=O) groups excluding carboxylic acids is 1. The van der Waals surface area contributed by atoms with Crippen LogP contribution in [0.5, 0.6) is 0 Å². The first kappa shape index (κ1) is 11.1. The van der Waals surface area contributed by atoms with E-state index in [-0.39, 0.29) is 11.5 Å². The zero-order chi connectivity index (χ0) is 10.7. The van der Waals surface area contributed by atoms with E-state index in [0.29, 0.717) is 12.5 Å². The number of aldehydes is 1. The van der Waals surface area contributed by atoms with Crippen molar-refractivity contribution >= 4 is 6.29 Å². The van der Waals surface area contributed by atoms with Gasteiger partial charge in [0.2, 0.25) is 0 Å². The van der Waals surface area contributed by atoms with Crippen molar-refractivity contribution in [2.75, 3.05) is 20.3 Å². The maximum Gasteiger partial charge on any atom is 0.128 e. The minimum Gasteiger partial charge on any atom is -0.381 e. The van der Waals surface area contributed by atoms with Crippen molar-refractivity contribution in [1.82, 2.24) is 0 Å². The second kappa shape index (κ2) is 4.62. The maximum atomic E-state index is 11.4. The van der Waals surface area contributed by atoms with Crippen LogP contribution >= 0.6 is 0 Å². The first-order valence-electron chi connectivity index (χ1n) is 5.89. The molecule has 2 aliphatic rings. The third kappa shape index (κ3) is 1.95. The van der Waals surface area contributed by atoms with Gasteiger partial charge in [0.05, 0.1) is 18.1 Å². The van der Waals surface area contributed by atoms with E-state index < -0.39 is 0 Å². The molecule has 0 aromatic carbocycles. The van der Waals surface area contributed by atoms with Crippen LogP contribution < -0.4 is 0 Å². The minimum absolute atomic E-state index is 0.249. The van der Waals surface area contributed by atoms with E-state index in [0.717, 1.165) is 32.2 Å². The smallest absolute Gasteiger partial charge is 0.128 e. The lowest BCUT2D eigenvalue weighted by atomic mass is 9.67. The average Bonchev–Trinajstić information content (AvgIpc) is 2.79. The van der Waals surface area contributed by atoms with Crippen molar-refractivity contribution in [2.24, 2.45) is 11.3 Å². The summed E-state index contributed by atoms with van der Waals surface area (Å²) in [5.41, 5.74) is -0.249. The van der Waals surface area contributed by atoms with E-state index in [1.54, 1.807) is 7.11 Å². The van der Waals surface area contributed by atoms with Crippen LogP contribution in [0.15, 0.2) is 0 Å². The molecular weight excluding hydrogens is 192 g/mol. The summed E-state index contributed by atoms with van der Waals surface area (Å²) in [6.07, 6.45) is 6.91. The van der Waals surface area contributed by atoms with Gasteiger partial charge in [0.25, 0.3) is 0 Å². The lowest BCUT2D eigenvalue weighted by Gasteiger charge is -2.39. The highest BCUT2D eigenvalue weighted by Gasteiger charge is 2.46. The summed E-state index contributed by atoms with van der Waals surface area (Å²) in [6, 6.07) is 0. The molecule has 3 heteroatoms. The number of methoxy groups -OCH3 is 1. The molecular formula is C12H20O3. The van der Waals surface area contributed by atoms with Gasteiger partial charge < -0.3 is 14.3 Å². The molecule has 0 aromatic heterocycles. The van der Waals surface area contributed by atoms with Gasteiger partial charge in [-0.15, -0.1) is 0 Å². The standard InChI is InChI=1S/C12H20O3/c1-14-11-5-3-2-4-10(11)12(8-13)6-7-15-9-12/h8,10-11H,2-7,9H2,1H3. The predicted octanol–water partition coefficient (Wildman–Crippen LogP) is 1.80. The Morgan fingerprint density at radius 1 is 1.40 bits per heavy atom. The number of hydrogen-bond acceptors (Lipinski definition) is 3. The topological polar surface area (TPSA) is 35.5 Å². The normalized spacial score (nSPS) is 41.7. The highest BCUT2D eigenvalue weighted by Crippen LogP contribution is 2.43. The Balaban J connectivity index is 2.14. The number of hydrogen-bond donors (Lipinski definition) is 0. The fourth-order valence-electron chi connectivity index (χ4n) is 3.11. The number of carbonyl (C=O) groups is 1. The molecule has 1 aliphatic heterocycles. The first-order valence-corrected chi connectivity index (χ1v) is 5.89. The molecule has 1 saturated carbocycles. The van der Waals surface area contributed by atoms with Crippen molar-refractivity contribution in [3.63, 3.8) is 0 Å². The van der Waals surface area contributed by atoms with Crippen molar-refractivity contribution in [1.29, 1.82) is 0 Å². The van der Waals surface area contributed by atoms with Gasteiger partial charge >= 0.3 is 0 Å². The molecule has 0 N–H and O–H groups in total. The number of rotatable bonds is 3. The van der Waals surface area contributed by atoms with Crippen LogP contribution in [-0.4, -0.2) is 32.7 Å². The van der Waals surface area contributed by atoms with Gasteiger partial charge in [0.15, 0.2) is 0 Å². The van der Waals surface area contributed by atoms with Crippen molar-refractivity contribution in [3.8, 4) is 0 Å². The number of ether oxygens (including phenoxy) is 2. The Labute approximate surface area is 91.1 Å². The van der Waals surface area contributed by atoms with Crippen LogP contribution in [0.2, 0.25) is 0 Å². The summed E-state index contributed by atoms with van der Waals surface area (Å²) in [5, 5.41) is 0. The lowest BCUT2D eigenvalue weighted by molar-refractivity contribution is -0.125. The van der Waals surface area contributed by atoms with E-state index in [1.165, 1.54) is 12.8 Å². The van der Waals surface area contributed by atoms with Gasteiger partial charge in [-0.1, -0.05) is 12.8 Å². The first-order chi connectivity index (χ1) is 7.32. The van der Waals surface area contributed by atoms with Gasteiger partial charge in [-0.3, -0.25) is 0 Å². The summed E-state index contributed by atoms with van der Waals surface area (Å²) < 4.78 is 10.9. The molecule has 3 unspecified atom stereocenters. The molecule has 3 nitrogen and oxygen atoms in total. The van der Waals surface area contributed by atoms with Crippen molar-refractivity contribution in [2.45, 2.75) is 38.2 Å². The monoisotopic (exact) mass is 212 g/mol. The molecule has 0 bridgehead atoms. The van der Waals surface area contributed by atoms with E-state index in [9.17, 15) is 4.79 Å². The Morgan fingerprint density at radius 3 is 2.80 bits per heavy atom. The highest BCUT2D eigenvalue weighted by atomic mass is 16.5. The maximum absolute atomic E-state index is 11.4. The molecule has 1 aliphatic carbocycles. The molecule has 1 heterocycles. The Morgan fingerprint density at radius 2 is 2.20 bits per heavy atom. The van der Waals surface area contributed by atoms with Gasteiger partial charge in [-0.05, 0) is 25.2 Å². The summed E-state index contributed by atoms with van der Waals surface area (Å²) in [5.74, 6) is 0.372. The van der Waals surface area contributed by atoms with E-state index in [4.69, 9.17) is 9.47 Å². The fraction of sp³-hybridized carbons (Fsp3) is 0.917. The largest absolute Gasteiger partial charge is 0.381 e. The third-order valence-corrected chi connectivity index (χ3v) is 4.06. The summed E-state index contributed by atoms with van der Waals surface area (Å²) in [6.45, 7) is 1.33. The van der Waals surface area contributed by atoms with Crippen LogP contribution in [0.3, 0.4) is 0 Å². The van der Waals surface area contributed by atoms with Gasteiger partial charge in [0.1, 0.15) is 6.29 Å². The Bertz CT molecular complexity index is 221. The molecule has 2 rings (SSSR count).